The molecule has 0 unspecified atom stereocenters. The van der Waals surface area contributed by atoms with Crippen molar-refractivity contribution in [2.24, 2.45) is 0 Å². The summed E-state index contributed by atoms with van der Waals surface area (Å²) in [6, 6.07) is 31.3. The number of rotatable bonds is 7. The summed E-state index contributed by atoms with van der Waals surface area (Å²) in [5, 5.41) is 5.85. The second kappa shape index (κ2) is 10.3. The number of carbonyl (C=O) groups excluding carboxylic acids is 2. The van der Waals surface area contributed by atoms with Gasteiger partial charge in [-0.2, -0.15) is 0 Å². The molecule has 5 nitrogen and oxygen atoms in total. The van der Waals surface area contributed by atoms with Gasteiger partial charge in [0.05, 0.1) is 0 Å². The minimum Gasteiger partial charge on any atom is -0.489 e. The third-order valence-corrected chi connectivity index (χ3v) is 5.23. The molecule has 0 aromatic heterocycles. The van der Waals surface area contributed by atoms with E-state index in [1.54, 1.807) is 30.3 Å². The molecule has 0 heterocycles. The van der Waals surface area contributed by atoms with E-state index in [1.165, 1.54) is 0 Å². The van der Waals surface area contributed by atoms with Crippen molar-refractivity contribution < 1.29 is 14.3 Å². The lowest BCUT2D eigenvalue weighted by atomic mass is 10.1. The predicted molar refractivity (Wildman–Crippen MR) is 131 cm³/mol. The Labute approximate surface area is 193 Å². The molecule has 0 spiro atoms. The van der Waals surface area contributed by atoms with Crippen LogP contribution < -0.4 is 15.4 Å². The Kier molecular flexibility index (Phi) is 6.81. The number of benzene rings is 4. The van der Waals surface area contributed by atoms with E-state index in [4.69, 9.17) is 4.74 Å². The highest BCUT2D eigenvalue weighted by atomic mass is 16.5. The molecule has 0 radical (unpaired) electrons. The van der Waals surface area contributed by atoms with Gasteiger partial charge in [0.2, 0.25) is 0 Å². The quantitative estimate of drug-likeness (QED) is 0.369. The minimum absolute atomic E-state index is 0.199. The third-order valence-electron chi connectivity index (χ3n) is 5.23. The molecule has 2 amide bonds. The number of hydrogen-bond donors (Lipinski definition) is 2. The molecule has 0 aliphatic heterocycles. The third kappa shape index (κ3) is 5.66. The average molecular weight is 437 g/mol. The summed E-state index contributed by atoms with van der Waals surface area (Å²) >= 11 is 0. The van der Waals surface area contributed by atoms with Crippen molar-refractivity contribution in [3.63, 3.8) is 0 Å². The van der Waals surface area contributed by atoms with E-state index in [0.717, 1.165) is 16.9 Å². The zero-order chi connectivity index (χ0) is 23.0. The lowest BCUT2D eigenvalue weighted by Crippen LogP contribution is -2.15. The summed E-state index contributed by atoms with van der Waals surface area (Å²) in [5.74, 6) is 0.379. The molecule has 0 atom stereocenters. The molecule has 4 aromatic carbocycles. The van der Waals surface area contributed by atoms with Crippen LogP contribution in [0, 0.1) is 6.92 Å². The zero-order valence-electron chi connectivity index (χ0n) is 18.2. The summed E-state index contributed by atoms with van der Waals surface area (Å²) in [6.45, 7) is 2.29. The van der Waals surface area contributed by atoms with Gasteiger partial charge in [0, 0.05) is 22.5 Å². The molecule has 4 rings (SSSR count). The summed E-state index contributed by atoms with van der Waals surface area (Å²) < 4.78 is 5.75. The van der Waals surface area contributed by atoms with Gasteiger partial charge in [-0.05, 0) is 66.6 Å². The molecule has 0 saturated heterocycles. The van der Waals surface area contributed by atoms with E-state index in [2.05, 4.69) is 10.6 Å². The van der Waals surface area contributed by atoms with E-state index in [0.29, 0.717) is 29.1 Å². The average Bonchev–Trinajstić information content (AvgIpc) is 2.86. The van der Waals surface area contributed by atoms with Gasteiger partial charge < -0.3 is 15.4 Å². The van der Waals surface area contributed by atoms with Crippen LogP contribution in [0.15, 0.2) is 103 Å². The highest BCUT2D eigenvalue weighted by Crippen LogP contribution is 2.24. The molecule has 0 aliphatic carbocycles. The lowest BCUT2D eigenvalue weighted by Gasteiger charge is -2.14. The van der Waals surface area contributed by atoms with Gasteiger partial charge in [-0.1, -0.05) is 54.6 Å². The van der Waals surface area contributed by atoms with Crippen LogP contribution in [-0.4, -0.2) is 11.8 Å². The Morgan fingerprint density at radius 3 is 1.73 bits per heavy atom. The number of anilines is 2. The van der Waals surface area contributed by atoms with Gasteiger partial charge in [-0.3, -0.25) is 9.59 Å². The van der Waals surface area contributed by atoms with E-state index in [1.807, 2.05) is 79.7 Å². The van der Waals surface area contributed by atoms with E-state index in [9.17, 15) is 9.59 Å². The zero-order valence-corrected chi connectivity index (χ0v) is 18.2. The Hall–Kier alpha value is -4.38. The van der Waals surface area contributed by atoms with Crippen LogP contribution in [0.2, 0.25) is 0 Å². The van der Waals surface area contributed by atoms with E-state index < -0.39 is 0 Å². The second-order valence-corrected chi connectivity index (χ2v) is 7.55. The highest BCUT2D eigenvalue weighted by Gasteiger charge is 2.12. The van der Waals surface area contributed by atoms with E-state index >= 15 is 0 Å². The molecule has 2 N–H and O–H groups in total. The number of para-hydroxylation sites is 1. The summed E-state index contributed by atoms with van der Waals surface area (Å²) in [4.78, 5) is 25.3. The Morgan fingerprint density at radius 2 is 1.15 bits per heavy atom. The fourth-order valence-electron chi connectivity index (χ4n) is 3.32. The van der Waals surface area contributed by atoms with Gasteiger partial charge in [-0.25, -0.2) is 0 Å². The number of amides is 2. The van der Waals surface area contributed by atoms with Crippen molar-refractivity contribution in [1.29, 1.82) is 0 Å². The first-order chi connectivity index (χ1) is 16.1. The second-order valence-electron chi connectivity index (χ2n) is 7.55. The molecule has 0 saturated carbocycles. The van der Waals surface area contributed by atoms with Gasteiger partial charge in [0.25, 0.3) is 11.8 Å². The largest absolute Gasteiger partial charge is 0.489 e. The number of ether oxygens (including phenoxy) is 1. The summed E-state index contributed by atoms with van der Waals surface area (Å²) in [5.41, 5.74) is 4.15. The molecule has 33 heavy (non-hydrogen) atoms. The van der Waals surface area contributed by atoms with Crippen molar-refractivity contribution in [3.8, 4) is 5.75 Å². The van der Waals surface area contributed by atoms with Crippen LogP contribution in [0.25, 0.3) is 0 Å². The molecule has 0 fully saturated rings. The fraction of sp³-hybridized carbons (Fsp3) is 0.0714. The van der Waals surface area contributed by atoms with Crippen molar-refractivity contribution >= 4 is 23.2 Å². The van der Waals surface area contributed by atoms with Crippen LogP contribution in [0.5, 0.6) is 5.75 Å². The highest BCUT2D eigenvalue weighted by molar-refractivity contribution is 6.07. The Morgan fingerprint density at radius 1 is 0.636 bits per heavy atom. The van der Waals surface area contributed by atoms with Crippen molar-refractivity contribution in [2.45, 2.75) is 13.5 Å². The standard InChI is InChI=1S/C28H24N2O3/c1-20-25(29-27(31)22-9-4-2-5-10-22)13-8-14-26(20)30-28(32)23-17-15-21(16-18-23)19-33-24-11-6-3-7-12-24/h2-18H,19H2,1H3,(H,29,31)(H,30,32). The molecular formula is C28H24N2O3. The topological polar surface area (TPSA) is 67.4 Å². The molecule has 164 valence electrons. The SMILES string of the molecule is Cc1c(NC(=O)c2ccccc2)cccc1NC(=O)c1ccc(COc2ccccc2)cc1. The van der Waals surface area contributed by atoms with Crippen molar-refractivity contribution in [2.75, 3.05) is 10.6 Å². The monoisotopic (exact) mass is 436 g/mol. The number of hydrogen-bond acceptors (Lipinski definition) is 3. The summed E-state index contributed by atoms with van der Waals surface area (Å²) in [6.07, 6.45) is 0. The van der Waals surface area contributed by atoms with Crippen LogP contribution >= 0.6 is 0 Å². The van der Waals surface area contributed by atoms with Crippen molar-refractivity contribution in [3.05, 3.63) is 125 Å². The smallest absolute Gasteiger partial charge is 0.255 e. The van der Waals surface area contributed by atoms with Crippen LogP contribution in [-0.2, 0) is 6.61 Å². The number of carbonyl (C=O) groups is 2. The van der Waals surface area contributed by atoms with Crippen LogP contribution in [0.3, 0.4) is 0 Å². The molecule has 5 heteroatoms. The van der Waals surface area contributed by atoms with Gasteiger partial charge in [0.15, 0.2) is 0 Å². The first-order valence-corrected chi connectivity index (χ1v) is 10.6. The maximum absolute atomic E-state index is 12.8. The first kappa shape index (κ1) is 21.8. The van der Waals surface area contributed by atoms with Gasteiger partial charge in [0.1, 0.15) is 12.4 Å². The molecule has 4 aromatic rings. The van der Waals surface area contributed by atoms with Gasteiger partial charge in [-0.15, -0.1) is 0 Å². The van der Waals surface area contributed by atoms with Crippen molar-refractivity contribution in [1.82, 2.24) is 0 Å². The fourth-order valence-corrected chi connectivity index (χ4v) is 3.32. The van der Waals surface area contributed by atoms with Gasteiger partial charge >= 0.3 is 0 Å². The van der Waals surface area contributed by atoms with Crippen LogP contribution in [0.4, 0.5) is 11.4 Å². The Balaban J connectivity index is 1.40. The number of nitrogens with one attached hydrogen (secondary N) is 2. The molecular weight excluding hydrogens is 412 g/mol. The summed E-state index contributed by atoms with van der Waals surface area (Å²) in [7, 11) is 0. The maximum Gasteiger partial charge on any atom is 0.255 e. The normalized spacial score (nSPS) is 10.3. The molecule has 0 bridgehead atoms. The predicted octanol–water partition coefficient (Wildman–Crippen LogP) is 6.08. The van der Waals surface area contributed by atoms with E-state index in [-0.39, 0.29) is 11.8 Å². The Bertz CT molecular complexity index is 1240. The lowest BCUT2D eigenvalue weighted by molar-refractivity contribution is 0.101. The van der Waals surface area contributed by atoms with Crippen LogP contribution in [0.1, 0.15) is 31.8 Å². The first-order valence-electron chi connectivity index (χ1n) is 10.6. The maximum atomic E-state index is 12.8. The molecule has 0 aliphatic rings. The minimum atomic E-state index is -0.222.